The van der Waals surface area contributed by atoms with Gasteiger partial charge in [0.2, 0.25) is 0 Å². The van der Waals surface area contributed by atoms with E-state index in [0.717, 1.165) is 43.7 Å². The Morgan fingerprint density at radius 3 is 2.78 bits per heavy atom. The molecule has 2 rings (SSSR count). The topological polar surface area (TPSA) is 66.1 Å². The Morgan fingerprint density at radius 1 is 1.39 bits per heavy atom. The molecular formula is C17H29N5O. The van der Waals surface area contributed by atoms with Gasteiger partial charge in [0.1, 0.15) is 5.75 Å². The number of likely N-dealkylation sites (tertiary alicyclic amines) is 1. The Hall–Kier alpha value is -1.79. The number of piperidine rings is 1. The minimum atomic E-state index is 0.446. The zero-order valence-corrected chi connectivity index (χ0v) is 14.5. The first-order valence-corrected chi connectivity index (χ1v) is 8.18. The molecule has 0 unspecified atom stereocenters. The smallest absolute Gasteiger partial charge is 0.193 e. The van der Waals surface area contributed by atoms with E-state index in [1.807, 2.05) is 24.3 Å². The third-order valence-corrected chi connectivity index (χ3v) is 4.33. The Bertz CT molecular complexity index is 509. The molecule has 1 heterocycles. The number of rotatable bonds is 6. The molecule has 0 amide bonds. The zero-order valence-electron chi connectivity index (χ0n) is 14.5. The molecule has 0 spiro atoms. The van der Waals surface area contributed by atoms with Gasteiger partial charge >= 0.3 is 0 Å². The van der Waals surface area contributed by atoms with Crippen molar-refractivity contribution in [2.45, 2.75) is 18.9 Å². The highest BCUT2D eigenvalue weighted by Gasteiger charge is 2.19. The fourth-order valence-corrected chi connectivity index (χ4v) is 2.86. The standard InChI is InChI=1S/C17H29N5O/c1-21(2)15-7-10-22(11-8-15)12-9-19-17(18)20-14-5-4-6-16(13-14)23-3/h4-6,13,15H,7-12H2,1-3H3,(H3,18,19,20). The first-order valence-electron chi connectivity index (χ1n) is 8.18. The van der Waals surface area contributed by atoms with E-state index < -0.39 is 0 Å². The maximum absolute atomic E-state index is 5.95. The fraction of sp³-hybridized carbons (Fsp3) is 0.588. The summed E-state index contributed by atoms with van der Waals surface area (Å²) in [5.74, 6) is 1.24. The number of ether oxygens (including phenoxy) is 1. The summed E-state index contributed by atoms with van der Waals surface area (Å²) < 4.78 is 5.19. The summed E-state index contributed by atoms with van der Waals surface area (Å²) in [6, 6.07) is 8.37. The first kappa shape index (κ1) is 17.6. The average molecular weight is 319 g/mol. The molecule has 0 bridgehead atoms. The quantitative estimate of drug-likeness (QED) is 0.614. The summed E-state index contributed by atoms with van der Waals surface area (Å²) in [6.07, 6.45) is 2.46. The van der Waals surface area contributed by atoms with Gasteiger partial charge in [-0.25, -0.2) is 0 Å². The molecule has 23 heavy (non-hydrogen) atoms. The van der Waals surface area contributed by atoms with E-state index in [0.29, 0.717) is 5.96 Å². The molecule has 1 fully saturated rings. The number of nitrogens with one attached hydrogen (secondary N) is 1. The lowest BCUT2D eigenvalue weighted by Gasteiger charge is -2.34. The van der Waals surface area contributed by atoms with E-state index in [2.05, 4.69) is 34.2 Å². The number of aliphatic imine (C=N–C) groups is 1. The lowest BCUT2D eigenvalue weighted by molar-refractivity contribution is 0.148. The second kappa shape index (κ2) is 8.74. The third-order valence-electron chi connectivity index (χ3n) is 4.33. The molecule has 1 aromatic carbocycles. The number of nitrogens with two attached hydrogens (primary N) is 1. The number of guanidine groups is 1. The normalized spacial score (nSPS) is 17.5. The van der Waals surface area contributed by atoms with Crippen LogP contribution >= 0.6 is 0 Å². The molecule has 0 saturated carbocycles. The molecule has 0 radical (unpaired) electrons. The molecule has 6 nitrogen and oxygen atoms in total. The summed E-state index contributed by atoms with van der Waals surface area (Å²) >= 11 is 0. The molecular weight excluding hydrogens is 290 g/mol. The van der Waals surface area contributed by atoms with E-state index >= 15 is 0 Å². The number of anilines is 1. The van der Waals surface area contributed by atoms with Gasteiger partial charge in [0, 0.05) is 24.3 Å². The van der Waals surface area contributed by atoms with Crippen molar-refractivity contribution in [2.24, 2.45) is 10.7 Å². The van der Waals surface area contributed by atoms with E-state index in [-0.39, 0.29) is 0 Å². The van der Waals surface area contributed by atoms with Crippen LogP contribution in [0.4, 0.5) is 5.69 Å². The largest absolute Gasteiger partial charge is 0.497 e. The van der Waals surface area contributed by atoms with Gasteiger partial charge in [0.15, 0.2) is 5.96 Å². The lowest BCUT2D eigenvalue weighted by Crippen LogP contribution is -2.42. The van der Waals surface area contributed by atoms with Crippen molar-refractivity contribution in [1.29, 1.82) is 0 Å². The van der Waals surface area contributed by atoms with Crippen LogP contribution in [0.1, 0.15) is 12.8 Å². The molecule has 0 aromatic heterocycles. The highest BCUT2D eigenvalue weighted by atomic mass is 16.5. The molecule has 1 aliphatic rings. The van der Waals surface area contributed by atoms with Gasteiger partial charge in [-0.05, 0) is 52.2 Å². The van der Waals surface area contributed by atoms with Crippen molar-refractivity contribution in [3.63, 3.8) is 0 Å². The maximum Gasteiger partial charge on any atom is 0.193 e. The molecule has 1 saturated heterocycles. The molecule has 0 atom stereocenters. The maximum atomic E-state index is 5.95. The highest BCUT2D eigenvalue weighted by Crippen LogP contribution is 2.16. The van der Waals surface area contributed by atoms with Crippen LogP contribution in [0.15, 0.2) is 29.3 Å². The number of methoxy groups -OCH3 is 1. The average Bonchev–Trinajstić information content (AvgIpc) is 2.55. The van der Waals surface area contributed by atoms with Gasteiger partial charge in [-0.15, -0.1) is 0 Å². The molecule has 6 heteroatoms. The number of hydrogen-bond acceptors (Lipinski definition) is 4. The Morgan fingerprint density at radius 2 is 2.13 bits per heavy atom. The summed E-state index contributed by atoms with van der Waals surface area (Å²) in [7, 11) is 5.97. The SMILES string of the molecule is COc1cccc(NC(N)=NCCN2CCC(N(C)C)CC2)c1. The van der Waals surface area contributed by atoms with Gasteiger partial charge in [-0.2, -0.15) is 0 Å². The molecule has 3 N–H and O–H groups in total. The van der Waals surface area contributed by atoms with Crippen LogP contribution in [0.3, 0.4) is 0 Å². The monoisotopic (exact) mass is 319 g/mol. The molecule has 128 valence electrons. The number of nitrogens with zero attached hydrogens (tertiary/aromatic N) is 3. The van der Waals surface area contributed by atoms with Gasteiger partial charge in [-0.3, -0.25) is 4.99 Å². The summed E-state index contributed by atoms with van der Waals surface area (Å²) in [5.41, 5.74) is 6.83. The van der Waals surface area contributed by atoms with Crippen LogP contribution in [-0.2, 0) is 0 Å². The van der Waals surface area contributed by atoms with Crippen molar-refractivity contribution in [3.8, 4) is 5.75 Å². The van der Waals surface area contributed by atoms with E-state index in [4.69, 9.17) is 10.5 Å². The predicted octanol–water partition coefficient (Wildman–Crippen LogP) is 1.45. The second-order valence-electron chi connectivity index (χ2n) is 6.16. The van der Waals surface area contributed by atoms with Gasteiger partial charge < -0.3 is 25.6 Å². The highest BCUT2D eigenvalue weighted by molar-refractivity contribution is 5.92. The molecule has 1 aromatic rings. The van der Waals surface area contributed by atoms with Crippen LogP contribution in [-0.4, -0.2) is 69.2 Å². The molecule has 1 aliphatic heterocycles. The number of benzene rings is 1. The van der Waals surface area contributed by atoms with Crippen molar-refractivity contribution < 1.29 is 4.74 Å². The Balaban J connectivity index is 1.73. The first-order chi connectivity index (χ1) is 11.1. The van der Waals surface area contributed by atoms with E-state index in [1.54, 1.807) is 7.11 Å². The van der Waals surface area contributed by atoms with Crippen LogP contribution in [0, 0.1) is 0 Å². The van der Waals surface area contributed by atoms with Gasteiger partial charge in [0.05, 0.1) is 13.7 Å². The van der Waals surface area contributed by atoms with Crippen molar-refractivity contribution in [1.82, 2.24) is 9.80 Å². The van der Waals surface area contributed by atoms with Gasteiger partial charge in [0.25, 0.3) is 0 Å². The fourth-order valence-electron chi connectivity index (χ4n) is 2.86. The minimum absolute atomic E-state index is 0.446. The summed E-state index contributed by atoms with van der Waals surface area (Å²) in [4.78, 5) is 9.20. The van der Waals surface area contributed by atoms with Crippen LogP contribution in [0.2, 0.25) is 0 Å². The van der Waals surface area contributed by atoms with E-state index in [1.165, 1.54) is 12.8 Å². The zero-order chi connectivity index (χ0) is 16.7. The predicted molar refractivity (Wildman–Crippen MR) is 96.3 cm³/mol. The number of hydrogen-bond donors (Lipinski definition) is 2. The van der Waals surface area contributed by atoms with Crippen molar-refractivity contribution >= 4 is 11.6 Å². The Labute approximate surface area is 139 Å². The van der Waals surface area contributed by atoms with Crippen LogP contribution < -0.4 is 15.8 Å². The summed E-state index contributed by atoms with van der Waals surface area (Å²) in [5, 5.41) is 3.10. The van der Waals surface area contributed by atoms with Crippen molar-refractivity contribution in [3.05, 3.63) is 24.3 Å². The molecule has 0 aliphatic carbocycles. The second-order valence-corrected chi connectivity index (χ2v) is 6.16. The Kier molecular flexibility index (Phi) is 6.67. The van der Waals surface area contributed by atoms with Crippen molar-refractivity contribution in [2.75, 3.05) is 52.7 Å². The summed E-state index contributed by atoms with van der Waals surface area (Å²) in [6.45, 7) is 3.96. The minimum Gasteiger partial charge on any atom is -0.497 e. The van der Waals surface area contributed by atoms with Crippen LogP contribution in [0.5, 0.6) is 5.75 Å². The lowest BCUT2D eigenvalue weighted by atomic mass is 10.0. The van der Waals surface area contributed by atoms with E-state index in [9.17, 15) is 0 Å². The van der Waals surface area contributed by atoms with Gasteiger partial charge in [-0.1, -0.05) is 6.07 Å². The van der Waals surface area contributed by atoms with Crippen LogP contribution in [0.25, 0.3) is 0 Å². The third kappa shape index (κ3) is 5.73.